The molecule has 16 heavy (non-hydrogen) atoms. The monoisotopic (exact) mass is 223 g/mol. The van der Waals surface area contributed by atoms with Crippen molar-refractivity contribution in [2.45, 2.75) is 6.04 Å². The van der Waals surface area contributed by atoms with Crippen molar-refractivity contribution < 1.29 is 9.53 Å². The number of hydrogen-bond donors (Lipinski definition) is 2. The maximum atomic E-state index is 11.3. The SMILES string of the molecule is NC(=O)C1COCCN1c1ncncc1N. The van der Waals surface area contributed by atoms with Gasteiger partial charge in [0, 0.05) is 6.54 Å². The van der Waals surface area contributed by atoms with Gasteiger partial charge in [0.15, 0.2) is 5.82 Å². The predicted octanol–water partition coefficient (Wildman–Crippen LogP) is -1.25. The third-order valence-corrected chi connectivity index (χ3v) is 2.45. The lowest BCUT2D eigenvalue weighted by atomic mass is 10.2. The number of ether oxygens (including phenoxy) is 1. The summed E-state index contributed by atoms with van der Waals surface area (Å²) in [5, 5.41) is 0. The number of nitrogens with two attached hydrogens (primary N) is 2. The van der Waals surface area contributed by atoms with Gasteiger partial charge in [-0.15, -0.1) is 0 Å². The zero-order valence-corrected chi connectivity index (χ0v) is 8.67. The second kappa shape index (κ2) is 4.31. The number of morpholine rings is 1. The number of primary amides is 1. The first-order valence-electron chi connectivity index (χ1n) is 4.89. The van der Waals surface area contributed by atoms with E-state index in [4.69, 9.17) is 16.2 Å². The van der Waals surface area contributed by atoms with Gasteiger partial charge in [-0.1, -0.05) is 0 Å². The first-order chi connectivity index (χ1) is 7.70. The Kier molecular flexibility index (Phi) is 2.86. The van der Waals surface area contributed by atoms with E-state index in [0.29, 0.717) is 24.7 Å². The number of carbonyl (C=O) groups is 1. The molecule has 2 heterocycles. The largest absolute Gasteiger partial charge is 0.394 e. The van der Waals surface area contributed by atoms with Crippen molar-refractivity contribution in [1.82, 2.24) is 9.97 Å². The van der Waals surface area contributed by atoms with Gasteiger partial charge in [0.05, 0.1) is 25.1 Å². The van der Waals surface area contributed by atoms with Gasteiger partial charge in [-0.05, 0) is 0 Å². The summed E-state index contributed by atoms with van der Waals surface area (Å²) >= 11 is 0. The Balaban J connectivity index is 2.30. The number of amides is 1. The van der Waals surface area contributed by atoms with E-state index in [1.807, 2.05) is 0 Å². The van der Waals surface area contributed by atoms with E-state index < -0.39 is 11.9 Å². The van der Waals surface area contributed by atoms with Crippen molar-refractivity contribution in [2.24, 2.45) is 5.73 Å². The normalized spacial score (nSPS) is 20.8. The molecule has 1 amide bonds. The highest BCUT2D eigenvalue weighted by molar-refractivity contribution is 5.84. The number of aromatic nitrogens is 2. The molecule has 0 saturated carbocycles. The highest BCUT2D eigenvalue weighted by Crippen LogP contribution is 2.22. The van der Waals surface area contributed by atoms with Gasteiger partial charge in [0.25, 0.3) is 0 Å². The lowest BCUT2D eigenvalue weighted by molar-refractivity contribution is -0.121. The van der Waals surface area contributed by atoms with Crippen LogP contribution in [0.3, 0.4) is 0 Å². The van der Waals surface area contributed by atoms with Crippen LogP contribution in [0.1, 0.15) is 0 Å². The molecule has 1 fully saturated rings. The molecule has 1 aliphatic heterocycles. The van der Waals surface area contributed by atoms with Crippen LogP contribution in [-0.4, -0.2) is 41.7 Å². The molecule has 4 N–H and O–H groups in total. The smallest absolute Gasteiger partial charge is 0.242 e. The quantitative estimate of drug-likeness (QED) is 0.648. The van der Waals surface area contributed by atoms with E-state index in [-0.39, 0.29) is 6.61 Å². The topological polar surface area (TPSA) is 107 Å². The summed E-state index contributed by atoms with van der Waals surface area (Å²) in [4.78, 5) is 20.9. The first-order valence-corrected chi connectivity index (χ1v) is 4.89. The fourth-order valence-electron chi connectivity index (χ4n) is 1.67. The summed E-state index contributed by atoms with van der Waals surface area (Å²) in [5.74, 6) is 0.0832. The van der Waals surface area contributed by atoms with Gasteiger partial charge in [-0.25, -0.2) is 9.97 Å². The van der Waals surface area contributed by atoms with Crippen molar-refractivity contribution in [3.8, 4) is 0 Å². The van der Waals surface area contributed by atoms with Crippen LogP contribution in [0.15, 0.2) is 12.5 Å². The van der Waals surface area contributed by atoms with Crippen LogP contribution in [0.5, 0.6) is 0 Å². The second-order valence-electron chi connectivity index (χ2n) is 3.49. The summed E-state index contributed by atoms with van der Waals surface area (Å²) in [6.45, 7) is 1.32. The van der Waals surface area contributed by atoms with Crippen molar-refractivity contribution in [1.29, 1.82) is 0 Å². The maximum Gasteiger partial charge on any atom is 0.242 e. The van der Waals surface area contributed by atoms with Gasteiger partial charge in [-0.2, -0.15) is 0 Å². The second-order valence-corrected chi connectivity index (χ2v) is 3.49. The number of anilines is 2. The third kappa shape index (κ3) is 1.89. The number of rotatable bonds is 2. The highest BCUT2D eigenvalue weighted by atomic mass is 16.5. The van der Waals surface area contributed by atoms with Crippen molar-refractivity contribution in [3.63, 3.8) is 0 Å². The van der Waals surface area contributed by atoms with Gasteiger partial charge in [0.1, 0.15) is 12.4 Å². The molecule has 1 saturated heterocycles. The van der Waals surface area contributed by atoms with Crippen molar-refractivity contribution in [2.75, 3.05) is 30.4 Å². The lowest BCUT2D eigenvalue weighted by Gasteiger charge is -2.34. The van der Waals surface area contributed by atoms with Crippen LogP contribution in [0.4, 0.5) is 11.5 Å². The molecule has 1 atom stereocenters. The fraction of sp³-hybridized carbons (Fsp3) is 0.444. The Hall–Kier alpha value is -1.89. The van der Waals surface area contributed by atoms with Crippen LogP contribution in [0, 0.1) is 0 Å². The van der Waals surface area contributed by atoms with Crippen LogP contribution in [0.25, 0.3) is 0 Å². The Morgan fingerprint density at radius 3 is 3.12 bits per heavy atom. The molecular formula is C9H13N5O2. The fourth-order valence-corrected chi connectivity index (χ4v) is 1.67. The maximum absolute atomic E-state index is 11.3. The minimum atomic E-state index is -0.522. The molecule has 0 radical (unpaired) electrons. The third-order valence-electron chi connectivity index (χ3n) is 2.45. The first kappa shape index (κ1) is 10.6. The molecular weight excluding hydrogens is 210 g/mol. The molecule has 7 nitrogen and oxygen atoms in total. The lowest BCUT2D eigenvalue weighted by Crippen LogP contribution is -2.53. The zero-order valence-electron chi connectivity index (χ0n) is 8.67. The number of hydrogen-bond acceptors (Lipinski definition) is 6. The molecule has 0 aromatic carbocycles. The Morgan fingerprint density at radius 1 is 1.62 bits per heavy atom. The average Bonchev–Trinajstić information content (AvgIpc) is 2.29. The van der Waals surface area contributed by atoms with Gasteiger partial charge in [0.2, 0.25) is 5.91 Å². The van der Waals surface area contributed by atoms with E-state index in [9.17, 15) is 4.79 Å². The number of nitrogens with zero attached hydrogens (tertiary/aromatic N) is 3. The van der Waals surface area contributed by atoms with E-state index in [0.717, 1.165) is 0 Å². The summed E-state index contributed by atoms with van der Waals surface area (Å²) < 4.78 is 5.21. The Labute approximate surface area is 92.4 Å². The van der Waals surface area contributed by atoms with Crippen LogP contribution >= 0.6 is 0 Å². The molecule has 1 aromatic rings. The summed E-state index contributed by atoms with van der Waals surface area (Å²) in [7, 11) is 0. The highest BCUT2D eigenvalue weighted by Gasteiger charge is 2.29. The van der Waals surface area contributed by atoms with Crippen LogP contribution < -0.4 is 16.4 Å². The molecule has 86 valence electrons. The van der Waals surface area contributed by atoms with Gasteiger partial charge in [-0.3, -0.25) is 4.79 Å². The minimum absolute atomic E-state index is 0.263. The molecule has 2 rings (SSSR count). The predicted molar refractivity (Wildman–Crippen MR) is 57.6 cm³/mol. The van der Waals surface area contributed by atoms with Crippen LogP contribution in [-0.2, 0) is 9.53 Å². The summed E-state index contributed by atoms with van der Waals surface area (Å²) in [5.41, 5.74) is 11.5. The van der Waals surface area contributed by atoms with E-state index in [1.165, 1.54) is 12.5 Å². The van der Waals surface area contributed by atoms with Gasteiger partial charge < -0.3 is 21.1 Å². The molecule has 0 bridgehead atoms. The minimum Gasteiger partial charge on any atom is -0.394 e. The van der Waals surface area contributed by atoms with Crippen molar-refractivity contribution in [3.05, 3.63) is 12.5 Å². The molecule has 7 heteroatoms. The Morgan fingerprint density at radius 2 is 2.44 bits per heavy atom. The van der Waals surface area contributed by atoms with Crippen molar-refractivity contribution >= 4 is 17.4 Å². The number of carbonyl (C=O) groups excluding carboxylic acids is 1. The molecule has 1 unspecified atom stereocenters. The summed E-state index contributed by atoms with van der Waals surface area (Å²) in [6, 6.07) is -0.522. The Bertz CT molecular complexity index is 397. The average molecular weight is 223 g/mol. The van der Waals surface area contributed by atoms with Crippen LogP contribution in [0.2, 0.25) is 0 Å². The molecule has 0 spiro atoms. The van der Waals surface area contributed by atoms with E-state index in [2.05, 4.69) is 9.97 Å². The standard InChI is InChI=1S/C9H13N5O2/c10-6-3-12-5-13-9(6)14-1-2-16-4-7(14)8(11)15/h3,5,7H,1-2,4,10H2,(H2,11,15). The molecule has 1 aromatic heterocycles. The van der Waals surface area contributed by atoms with E-state index in [1.54, 1.807) is 4.90 Å². The zero-order chi connectivity index (χ0) is 11.5. The number of nitrogen functional groups attached to an aromatic ring is 1. The molecule has 0 aliphatic carbocycles. The molecule has 1 aliphatic rings. The van der Waals surface area contributed by atoms with Gasteiger partial charge >= 0.3 is 0 Å². The van der Waals surface area contributed by atoms with E-state index >= 15 is 0 Å². The summed E-state index contributed by atoms with van der Waals surface area (Å²) in [6.07, 6.45) is 2.88.